The molecule has 6 nitrogen and oxygen atoms in total. The van der Waals surface area contributed by atoms with Gasteiger partial charge in [0.05, 0.1) is 22.9 Å². The van der Waals surface area contributed by atoms with Gasteiger partial charge in [-0.15, -0.1) is 0 Å². The van der Waals surface area contributed by atoms with Gasteiger partial charge in [-0.2, -0.15) is 0 Å². The quantitative estimate of drug-likeness (QED) is 0.752. The van der Waals surface area contributed by atoms with Crippen LogP contribution in [0.1, 0.15) is 41.4 Å². The molecule has 1 aromatic carbocycles. The SMILES string of the molecule is O=c1[nH]c(C2CC2)nc2c1CN(Cc1coc3ccc(Cl)cc3c1=O)CC2. The molecule has 0 spiro atoms. The third-order valence-corrected chi connectivity index (χ3v) is 5.57. The molecule has 0 amide bonds. The average molecular weight is 384 g/mol. The third-order valence-electron chi connectivity index (χ3n) is 5.33. The lowest BCUT2D eigenvalue weighted by Gasteiger charge is -2.27. The number of nitrogens with one attached hydrogen (secondary N) is 1. The second kappa shape index (κ2) is 6.32. The van der Waals surface area contributed by atoms with Crippen molar-refractivity contribution in [2.24, 2.45) is 0 Å². The maximum absolute atomic E-state index is 12.8. The van der Waals surface area contributed by atoms with Gasteiger partial charge >= 0.3 is 0 Å². The average Bonchev–Trinajstić information content (AvgIpc) is 3.50. The highest BCUT2D eigenvalue weighted by Gasteiger charge is 2.29. The minimum atomic E-state index is -0.0827. The topological polar surface area (TPSA) is 79.2 Å². The maximum Gasteiger partial charge on any atom is 0.255 e. The normalized spacial score (nSPS) is 17.2. The van der Waals surface area contributed by atoms with Crippen molar-refractivity contribution in [2.75, 3.05) is 6.54 Å². The maximum atomic E-state index is 12.8. The zero-order valence-corrected chi connectivity index (χ0v) is 15.4. The molecule has 3 aromatic rings. The van der Waals surface area contributed by atoms with Gasteiger partial charge in [0.25, 0.3) is 5.56 Å². The van der Waals surface area contributed by atoms with Gasteiger partial charge in [-0.1, -0.05) is 11.6 Å². The molecule has 3 heterocycles. The summed E-state index contributed by atoms with van der Waals surface area (Å²) in [6.45, 7) is 1.66. The number of halogens is 1. The van der Waals surface area contributed by atoms with Crippen LogP contribution in [0.3, 0.4) is 0 Å². The van der Waals surface area contributed by atoms with Gasteiger partial charge in [0, 0.05) is 42.6 Å². The Morgan fingerprint density at radius 1 is 1.30 bits per heavy atom. The first-order valence-electron chi connectivity index (χ1n) is 9.13. The van der Waals surface area contributed by atoms with E-state index in [2.05, 4.69) is 14.9 Å². The van der Waals surface area contributed by atoms with Gasteiger partial charge in [-0.3, -0.25) is 14.5 Å². The summed E-state index contributed by atoms with van der Waals surface area (Å²) < 4.78 is 5.60. The Labute approximate surface area is 159 Å². The predicted molar refractivity (Wildman–Crippen MR) is 102 cm³/mol. The van der Waals surface area contributed by atoms with Gasteiger partial charge in [0.1, 0.15) is 11.4 Å². The number of fused-ring (bicyclic) bond motifs is 2. The molecule has 2 aliphatic rings. The Morgan fingerprint density at radius 3 is 2.96 bits per heavy atom. The molecule has 1 saturated carbocycles. The van der Waals surface area contributed by atoms with Crippen molar-refractivity contribution in [3.05, 3.63) is 72.7 Å². The largest absolute Gasteiger partial charge is 0.464 e. The first kappa shape index (κ1) is 16.7. The third kappa shape index (κ3) is 3.09. The molecule has 0 atom stereocenters. The molecule has 7 heteroatoms. The van der Waals surface area contributed by atoms with E-state index in [1.165, 1.54) is 6.26 Å². The second-order valence-corrected chi connectivity index (χ2v) is 7.78. The zero-order valence-electron chi connectivity index (χ0n) is 14.6. The molecule has 138 valence electrons. The summed E-state index contributed by atoms with van der Waals surface area (Å²) in [4.78, 5) is 34.9. The van der Waals surface area contributed by atoms with Crippen LogP contribution in [-0.2, 0) is 19.5 Å². The van der Waals surface area contributed by atoms with Crippen LogP contribution in [0.2, 0.25) is 5.02 Å². The lowest BCUT2D eigenvalue weighted by atomic mass is 10.1. The number of benzene rings is 1. The van der Waals surface area contributed by atoms with E-state index in [0.29, 0.717) is 52.5 Å². The predicted octanol–water partition coefficient (Wildman–Crippen LogP) is 2.97. The summed E-state index contributed by atoms with van der Waals surface area (Å²) in [6.07, 6.45) is 4.43. The summed E-state index contributed by atoms with van der Waals surface area (Å²) >= 11 is 6.01. The van der Waals surface area contributed by atoms with Crippen LogP contribution >= 0.6 is 11.6 Å². The Bertz CT molecular complexity index is 1160. The van der Waals surface area contributed by atoms with Gasteiger partial charge in [-0.05, 0) is 31.0 Å². The molecule has 0 bridgehead atoms. The molecule has 5 rings (SSSR count). The van der Waals surface area contributed by atoms with E-state index < -0.39 is 0 Å². The first-order valence-corrected chi connectivity index (χ1v) is 9.50. The van der Waals surface area contributed by atoms with Crippen LogP contribution in [0, 0.1) is 0 Å². The van der Waals surface area contributed by atoms with E-state index in [0.717, 1.165) is 30.9 Å². The van der Waals surface area contributed by atoms with Crippen molar-refractivity contribution in [1.29, 1.82) is 0 Å². The van der Waals surface area contributed by atoms with E-state index in [4.69, 9.17) is 16.0 Å². The summed E-state index contributed by atoms with van der Waals surface area (Å²) in [5.74, 6) is 1.26. The molecule has 0 unspecified atom stereocenters. The van der Waals surface area contributed by atoms with Crippen LogP contribution in [-0.4, -0.2) is 21.4 Å². The molecular formula is C20H18ClN3O3. The Kier molecular flexibility index (Phi) is 3.91. The van der Waals surface area contributed by atoms with Crippen molar-refractivity contribution in [2.45, 2.75) is 38.3 Å². The number of nitrogens with zero attached hydrogens (tertiary/aromatic N) is 2. The molecule has 0 saturated heterocycles. The van der Waals surface area contributed by atoms with Gasteiger partial charge in [-0.25, -0.2) is 4.98 Å². The lowest BCUT2D eigenvalue weighted by Crippen LogP contribution is -2.36. The molecule has 0 radical (unpaired) electrons. The lowest BCUT2D eigenvalue weighted by molar-refractivity contribution is 0.239. The standard InChI is InChI=1S/C20H18ClN3O3/c21-13-3-4-17-14(7-13)18(25)12(10-27-17)8-24-6-5-16-15(9-24)20(26)23-19(22-16)11-1-2-11/h3-4,7,10-11H,1-2,5-6,8-9H2,(H,22,23,26). The molecule has 2 aromatic heterocycles. The van der Waals surface area contributed by atoms with E-state index in [-0.39, 0.29) is 11.0 Å². The molecule has 1 N–H and O–H groups in total. The Hall–Kier alpha value is -2.44. The Balaban J connectivity index is 1.43. The van der Waals surface area contributed by atoms with Crippen molar-refractivity contribution >= 4 is 22.6 Å². The molecule has 1 fully saturated rings. The minimum absolute atomic E-state index is 0.0519. The summed E-state index contributed by atoms with van der Waals surface area (Å²) in [5, 5.41) is 0.980. The number of aromatic amines is 1. The molecule has 1 aliphatic heterocycles. The highest BCUT2D eigenvalue weighted by molar-refractivity contribution is 6.31. The number of aromatic nitrogens is 2. The van der Waals surface area contributed by atoms with Crippen LogP contribution in [0.15, 0.2) is 38.5 Å². The van der Waals surface area contributed by atoms with Crippen molar-refractivity contribution in [1.82, 2.24) is 14.9 Å². The van der Waals surface area contributed by atoms with E-state index in [9.17, 15) is 9.59 Å². The van der Waals surface area contributed by atoms with E-state index in [1.807, 2.05) is 0 Å². The second-order valence-electron chi connectivity index (χ2n) is 7.34. The highest BCUT2D eigenvalue weighted by atomic mass is 35.5. The van der Waals surface area contributed by atoms with E-state index >= 15 is 0 Å². The van der Waals surface area contributed by atoms with Gasteiger partial charge in [0.2, 0.25) is 0 Å². The Morgan fingerprint density at radius 2 is 2.15 bits per heavy atom. The van der Waals surface area contributed by atoms with Crippen LogP contribution < -0.4 is 11.0 Å². The first-order chi connectivity index (χ1) is 13.1. The molecular weight excluding hydrogens is 366 g/mol. The van der Waals surface area contributed by atoms with Gasteiger partial charge in [0.15, 0.2) is 5.43 Å². The number of hydrogen-bond donors (Lipinski definition) is 1. The van der Waals surface area contributed by atoms with Crippen molar-refractivity contribution < 1.29 is 4.42 Å². The van der Waals surface area contributed by atoms with Crippen molar-refractivity contribution in [3.8, 4) is 0 Å². The minimum Gasteiger partial charge on any atom is -0.464 e. The highest BCUT2D eigenvalue weighted by Crippen LogP contribution is 2.37. The summed E-state index contributed by atoms with van der Waals surface area (Å²) in [6, 6.07) is 5.03. The van der Waals surface area contributed by atoms with Gasteiger partial charge < -0.3 is 9.40 Å². The van der Waals surface area contributed by atoms with Crippen LogP contribution in [0.5, 0.6) is 0 Å². The monoisotopic (exact) mass is 383 g/mol. The molecule has 1 aliphatic carbocycles. The fourth-order valence-corrected chi connectivity index (χ4v) is 3.85. The number of H-pyrrole nitrogens is 1. The summed E-state index contributed by atoms with van der Waals surface area (Å²) in [5.41, 5.74) is 2.55. The number of hydrogen-bond acceptors (Lipinski definition) is 5. The van der Waals surface area contributed by atoms with Crippen LogP contribution in [0.4, 0.5) is 0 Å². The fourth-order valence-electron chi connectivity index (χ4n) is 3.68. The molecule has 27 heavy (non-hydrogen) atoms. The van der Waals surface area contributed by atoms with E-state index in [1.54, 1.807) is 18.2 Å². The zero-order chi connectivity index (χ0) is 18.5. The summed E-state index contributed by atoms with van der Waals surface area (Å²) in [7, 11) is 0. The van der Waals surface area contributed by atoms with Crippen LogP contribution in [0.25, 0.3) is 11.0 Å². The fraction of sp³-hybridized carbons (Fsp3) is 0.350. The number of rotatable bonds is 3. The smallest absolute Gasteiger partial charge is 0.255 e. The van der Waals surface area contributed by atoms with Crippen molar-refractivity contribution in [3.63, 3.8) is 0 Å².